The van der Waals surface area contributed by atoms with Gasteiger partial charge in [0.25, 0.3) is 0 Å². The molecule has 0 amide bonds. The number of hydrogen-bond acceptors (Lipinski definition) is 6. The van der Waals surface area contributed by atoms with Gasteiger partial charge in [0.15, 0.2) is 11.5 Å². The van der Waals surface area contributed by atoms with Gasteiger partial charge in [-0.15, -0.1) is 0 Å². The molecule has 0 aromatic heterocycles. The van der Waals surface area contributed by atoms with Gasteiger partial charge in [0.1, 0.15) is 0 Å². The molecular formula is C14H25BO6. The molecule has 0 atom stereocenters. The maximum Gasteiger partial charge on any atom is 0.488 e. The molecule has 1 aromatic rings. The first kappa shape index (κ1) is 19.7. The van der Waals surface area contributed by atoms with Gasteiger partial charge in [-0.1, -0.05) is 6.07 Å². The number of benzene rings is 1. The van der Waals surface area contributed by atoms with E-state index in [9.17, 15) is 0 Å². The lowest BCUT2D eigenvalue weighted by Crippen LogP contribution is -2.44. The molecule has 4 N–H and O–H groups in total. The normalized spacial score (nSPS) is 11.3. The highest BCUT2D eigenvalue weighted by molar-refractivity contribution is 6.58. The van der Waals surface area contributed by atoms with Crippen LogP contribution in [0.2, 0.25) is 0 Å². The van der Waals surface area contributed by atoms with E-state index in [1.54, 1.807) is 39.8 Å². The fraction of sp³-hybridized carbons (Fsp3) is 0.571. The zero-order valence-electron chi connectivity index (χ0n) is 13.4. The smallest absolute Gasteiger partial charge is 0.488 e. The van der Waals surface area contributed by atoms with Gasteiger partial charge in [-0.25, -0.2) is 0 Å². The molecule has 0 spiro atoms. The van der Waals surface area contributed by atoms with E-state index < -0.39 is 18.3 Å². The predicted molar refractivity (Wildman–Crippen MR) is 82.0 cm³/mol. The standard InChI is InChI=1S/C8H11BO4.C6H14O2/c1-12-7-4-3-6(9(10)11)5-8(7)13-2;1-5(2,7)6(3,4)8/h3-5,10-11H,1-2H3;7-8H,1-4H3. The molecule has 6 nitrogen and oxygen atoms in total. The van der Waals surface area contributed by atoms with Crippen molar-refractivity contribution in [2.45, 2.75) is 38.9 Å². The highest BCUT2D eigenvalue weighted by Gasteiger charge is 2.31. The summed E-state index contributed by atoms with van der Waals surface area (Å²) in [7, 11) is 1.53. The molecule has 120 valence electrons. The van der Waals surface area contributed by atoms with Crippen molar-refractivity contribution in [3.05, 3.63) is 18.2 Å². The van der Waals surface area contributed by atoms with Gasteiger partial charge >= 0.3 is 7.12 Å². The topological polar surface area (TPSA) is 99.4 Å². The van der Waals surface area contributed by atoms with E-state index >= 15 is 0 Å². The second kappa shape index (κ2) is 7.65. The van der Waals surface area contributed by atoms with Crippen LogP contribution in [0.15, 0.2) is 18.2 Å². The minimum absolute atomic E-state index is 0.373. The van der Waals surface area contributed by atoms with Gasteiger partial charge in [-0.3, -0.25) is 0 Å². The Balaban J connectivity index is 0.000000433. The average Bonchev–Trinajstić information content (AvgIpc) is 2.36. The fourth-order valence-electron chi connectivity index (χ4n) is 1.01. The SMILES string of the molecule is CC(C)(O)C(C)(C)O.COc1ccc(B(O)O)cc1OC. The summed E-state index contributed by atoms with van der Waals surface area (Å²) >= 11 is 0. The van der Waals surface area contributed by atoms with Crippen molar-refractivity contribution in [3.8, 4) is 11.5 Å². The summed E-state index contributed by atoms with van der Waals surface area (Å²) in [6, 6.07) is 4.70. The van der Waals surface area contributed by atoms with Gasteiger partial charge in [-0.2, -0.15) is 0 Å². The van der Waals surface area contributed by atoms with Gasteiger partial charge in [0, 0.05) is 0 Å². The summed E-state index contributed by atoms with van der Waals surface area (Å²) in [5.74, 6) is 1.04. The first-order valence-electron chi connectivity index (χ1n) is 6.47. The number of rotatable bonds is 4. The number of ether oxygens (including phenoxy) is 2. The summed E-state index contributed by atoms with van der Waals surface area (Å²) in [6.45, 7) is 6.31. The average molecular weight is 300 g/mol. The van der Waals surface area contributed by atoms with Crippen LogP contribution in [0.3, 0.4) is 0 Å². The summed E-state index contributed by atoms with van der Waals surface area (Å²) in [5, 5.41) is 35.9. The molecule has 1 rings (SSSR count). The summed E-state index contributed by atoms with van der Waals surface area (Å²) < 4.78 is 9.96. The van der Waals surface area contributed by atoms with Crippen LogP contribution in [0.4, 0.5) is 0 Å². The molecule has 0 fully saturated rings. The molecule has 0 radical (unpaired) electrons. The molecule has 0 heterocycles. The first-order valence-corrected chi connectivity index (χ1v) is 6.47. The Hall–Kier alpha value is -1.28. The maximum atomic E-state index is 9.10. The summed E-state index contributed by atoms with van der Waals surface area (Å²) in [4.78, 5) is 0. The minimum atomic E-state index is -1.49. The molecule has 0 aliphatic carbocycles. The van der Waals surface area contributed by atoms with Crippen molar-refractivity contribution in [2.75, 3.05) is 14.2 Å². The third-order valence-electron chi connectivity index (χ3n) is 3.20. The number of methoxy groups -OCH3 is 2. The Bertz CT molecular complexity index is 422. The Labute approximate surface area is 126 Å². The molecule has 0 aliphatic heterocycles. The highest BCUT2D eigenvalue weighted by Crippen LogP contribution is 2.24. The quantitative estimate of drug-likeness (QED) is 0.580. The van der Waals surface area contributed by atoms with Crippen molar-refractivity contribution in [1.82, 2.24) is 0 Å². The molecule has 0 unspecified atom stereocenters. The zero-order valence-corrected chi connectivity index (χ0v) is 13.4. The molecular weight excluding hydrogens is 275 g/mol. The van der Waals surface area contributed by atoms with Crippen LogP contribution in [-0.2, 0) is 0 Å². The largest absolute Gasteiger partial charge is 0.493 e. The molecule has 0 bridgehead atoms. The van der Waals surface area contributed by atoms with E-state index in [-0.39, 0.29) is 0 Å². The van der Waals surface area contributed by atoms with Crippen molar-refractivity contribution >= 4 is 12.6 Å². The van der Waals surface area contributed by atoms with Crippen molar-refractivity contribution < 1.29 is 29.7 Å². The minimum Gasteiger partial charge on any atom is -0.493 e. The predicted octanol–water partition coefficient (Wildman–Crippen LogP) is -0.0882. The van der Waals surface area contributed by atoms with E-state index in [1.807, 2.05) is 0 Å². The summed E-state index contributed by atoms with van der Waals surface area (Å²) in [6.07, 6.45) is 0. The van der Waals surface area contributed by atoms with Gasteiger partial charge < -0.3 is 29.7 Å². The van der Waals surface area contributed by atoms with E-state index in [0.717, 1.165) is 0 Å². The van der Waals surface area contributed by atoms with Crippen LogP contribution in [0.1, 0.15) is 27.7 Å². The van der Waals surface area contributed by atoms with E-state index in [2.05, 4.69) is 0 Å². The molecule has 0 saturated carbocycles. The van der Waals surface area contributed by atoms with Gasteiger partial charge in [0.2, 0.25) is 0 Å². The molecule has 0 aliphatic rings. The van der Waals surface area contributed by atoms with Crippen LogP contribution in [0.5, 0.6) is 11.5 Å². The second-order valence-electron chi connectivity index (χ2n) is 5.61. The molecule has 0 saturated heterocycles. The lowest BCUT2D eigenvalue weighted by atomic mass is 9.80. The van der Waals surface area contributed by atoms with E-state index in [4.69, 9.17) is 29.7 Å². The Morgan fingerprint density at radius 3 is 1.57 bits per heavy atom. The Morgan fingerprint density at radius 2 is 1.29 bits per heavy atom. The van der Waals surface area contributed by atoms with Gasteiger partial charge in [-0.05, 0) is 45.3 Å². The van der Waals surface area contributed by atoms with Crippen molar-refractivity contribution in [3.63, 3.8) is 0 Å². The number of aliphatic hydroxyl groups is 2. The third-order valence-corrected chi connectivity index (χ3v) is 3.20. The van der Waals surface area contributed by atoms with Crippen LogP contribution in [0, 0.1) is 0 Å². The van der Waals surface area contributed by atoms with Crippen LogP contribution >= 0.6 is 0 Å². The first-order chi connectivity index (χ1) is 9.44. The number of hydrogen-bond donors (Lipinski definition) is 4. The maximum absolute atomic E-state index is 9.10. The second-order valence-corrected chi connectivity index (χ2v) is 5.61. The Morgan fingerprint density at radius 1 is 0.857 bits per heavy atom. The molecule has 21 heavy (non-hydrogen) atoms. The van der Waals surface area contributed by atoms with Gasteiger partial charge in [0.05, 0.1) is 25.4 Å². The van der Waals surface area contributed by atoms with Crippen molar-refractivity contribution in [1.29, 1.82) is 0 Å². The lowest BCUT2D eigenvalue weighted by molar-refractivity contribution is -0.107. The van der Waals surface area contributed by atoms with E-state index in [0.29, 0.717) is 17.0 Å². The van der Waals surface area contributed by atoms with E-state index in [1.165, 1.54) is 20.3 Å². The van der Waals surface area contributed by atoms with Crippen LogP contribution in [0.25, 0.3) is 0 Å². The zero-order chi connectivity index (χ0) is 16.8. The highest BCUT2D eigenvalue weighted by atomic mass is 16.5. The third kappa shape index (κ3) is 6.35. The molecule has 1 aromatic carbocycles. The Kier molecular flexibility index (Phi) is 7.19. The lowest BCUT2D eigenvalue weighted by Gasteiger charge is -2.31. The monoisotopic (exact) mass is 300 g/mol. The molecule has 7 heteroatoms. The summed E-state index contributed by atoms with van der Waals surface area (Å²) in [5.41, 5.74) is -1.64. The van der Waals surface area contributed by atoms with Crippen LogP contribution in [-0.4, -0.2) is 52.8 Å². The van der Waals surface area contributed by atoms with Crippen molar-refractivity contribution in [2.24, 2.45) is 0 Å². The van der Waals surface area contributed by atoms with Crippen LogP contribution < -0.4 is 14.9 Å². The fourth-order valence-corrected chi connectivity index (χ4v) is 1.01.